The fraction of sp³-hybridized carbons (Fsp3) is 0.389. The van der Waals surface area contributed by atoms with Crippen LogP contribution in [0.1, 0.15) is 43.6 Å². The highest BCUT2D eigenvalue weighted by molar-refractivity contribution is 7.14. The third-order valence-corrected chi connectivity index (χ3v) is 5.00. The molecule has 1 heterocycles. The van der Waals surface area contributed by atoms with Crippen molar-refractivity contribution in [3.63, 3.8) is 0 Å². The van der Waals surface area contributed by atoms with E-state index in [0.717, 1.165) is 21.1 Å². The van der Waals surface area contributed by atoms with E-state index in [1.165, 1.54) is 16.5 Å². The van der Waals surface area contributed by atoms with E-state index < -0.39 is 0 Å². The number of amides is 1. The molecule has 5 N–H and O–H groups in total. The van der Waals surface area contributed by atoms with Gasteiger partial charge in [0, 0.05) is 11.5 Å². The third-order valence-electron chi connectivity index (χ3n) is 3.74. The number of thiazole rings is 1. The number of rotatable bonds is 7. The predicted molar refractivity (Wildman–Crippen MR) is 106 cm³/mol. The first-order chi connectivity index (χ1) is 12.3. The van der Waals surface area contributed by atoms with Crippen molar-refractivity contribution in [1.29, 1.82) is 0 Å². The second kappa shape index (κ2) is 8.77. The first-order valence-electron chi connectivity index (χ1n) is 8.56. The van der Waals surface area contributed by atoms with Crippen LogP contribution in [0.2, 0.25) is 0 Å². The lowest BCUT2D eigenvalue weighted by Crippen LogP contribution is -2.30. The zero-order valence-corrected chi connectivity index (χ0v) is 16.4. The van der Waals surface area contributed by atoms with Gasteiger partial charge in [0.2, 0.25) is 5.91 Å². The molecule has 7 nitrogen and oxygen atoms in total. The number of amidine groups is 1. The van der Waals surface area contributed by atoms with Crippen LogP contribution in [-0.4, -0.2) is 28.4 Å². The zero-order chi connectivity index (χ0) is 19.3. The summed E-state index contributed by atoms with van der Waals surface area (Å²) in [6, 6.07) is 9.53. The average Bonchev–Trinajstić information content (AvgIpc) is 3.07. The molecule has 0 saturated carbocycles. The van der Waals surface area contributed by atoms with E-state index in [-0.39, 0.29) is 17.9 Å². The van der Waals surface area contributed by atoms with Gasteiger partial charge in [-0.3, -0.25) is 4.79 Å². The van der Waals surface area contributed by atoms with Gasteiger partial charge >= 0.3 is 0 Å². The van der Waals surface area contributed by atoms with Crippen LogP contribution in [0, 0.1) is 5.92 Å². The van der Waals surface area contributed by atoms with E-state index in [2.05, 4.69) is 10.4 Å². The van der Waals surface area contributed by atoms with E-state index in [4.69, 9.17) is 16.6 Å². The van der Waals surface area contributed by atoms with Crippen molar-refractivity contribution in [2.45, 2.75) is 33.7 Å². The summed E-state index contributed by atoms with van der Waals surface area (Å²) in [4.78, 5) is 17.5. The first kappa shape index (κ1) is 19.9. The smallest absolute Gasteiger partial charge is 0.223 e. The van der Waals surface area contributed by atoms with Crippen LogP contribution < -0.4 is 16.9 Å². The van der Waals surface area contributed by atoms with Gasteiger partial charge < -0.3 is 11.1 Å². The van der Waals surface area contributed by atoms with Crippen molar-refractivity contribution in [1.82, 2.24) is 15.4 Å². The molecule has 0 spiro atoms. The highest BCUT2D eigenvalue weighted by Gasteiger charge is 2.21. The highest BCUT2D eigenvalue weighted by atomic mass is 32.1. The van der Waals surface area contributed by atoms with Gasteiger partial charge in [-0.25, -0.2) is 15.9 Å². The lowest BCUT2D eigenvalue weighted by molar-refractivity contribution is -0.124. The number of nitrogens with zero attached hydrogens (tertiary/aromatic N) is 3. The Morgan fingerprint density at radius 1 is 1.31 bits per heavy atom. The summed E-state index contributed by atoms with van der Waals surface area (Å²) in [5.41, 5.74) is 7.86. The molecule has 0 aliphatic heterocycles. The third kappa shape index (κ3) is 4.80. The second-order valence-corrected chi connectivity index (χ2v) is 7.25. The Kier molecular flexibility index (Phi) is 6.70. The van der Waals surface area contributed by atoms with Crippen molar-refractivity contribution < 1.29 is 4.79 Å². The molecule has 1 atom stereocenters. The molecule has 0 radical (unpaired) electrons. The molecule has 0 aliphatic carbocycles. The lowest BCUT2D eigenvalue weighted by atomic mass is 10.1. The molecule has 0 bridgehead atoms. The normalized spacial score (nSPS) is 12.9. The molecule has 26 heavy (non-hydrogen) atoms. The summed E-state index contributed by atoms with van der Waals surface area (Å²) in [5.74, 6) is 5.96. The van der Waals surface area contributed by atoms with Crippen LogP contribution in [0.3, 0.4) is 0 Å². The maximum atomic E-state index is 12.0. The molecule has 2 rings (SSSR count). The summed E-state index contributed by atoms with van der Waals surface area (Å²) in [7, 11) is 0. The fourth-order valence-electron chi connectivity index (χ4n) is 2.18. The zero-order valence-electron chi connectivity index (χ0n) is 15.6. The Morgan fingerprint density at radius 2 is 1.96 bits per heavy atom. The molecule has 1 aromatic carbocycles. The van der Waals surface area contributed by atoms with Gasteiger partial charge in [0.25, 0.3) is 0 Å². The van der Waals surface area contributed by atoms with E-state index in [9.17, 15) is 4.79 Å². The van der Waals surface area contributed by atoms with E-state index >= 15 is 0 Å². The standard InChI is InChI=1S/C18H26N6OS/c1-5-24(20)23-16(19)15-14(13-9-7-6-8-10-13)22-18(26-15)12(4)21-17(25)11(2)3/h6-12H,5,20H2,1-4H3,(H2,19,23)(H,21,25). The van der Waals surface area contributed by atoms with Crippen molar-refractivity contribution in [3.8, 4) is 11.3 Å². The van der Waals surface area contributed by atoms with Crippen LogP contribution in [0.4, 0.5) is 0 Å². The van der Waals surface area contributed by atoms with E-state index in [1.54, 1.807) is 0 Å². The summed E-state index contributed by atoms with van der Waals surface area (Å²) in [5, 5.41) is 9.23. The summed E-state index contributed by atoms with van der Waals surface area (Å²) >= 11 is 1.41. The molecule has 1 unspecified atom stereocenters. The number of carbonyl (C=O) groups is 1. The van der Waals surface area contributed by atoms with Gasteiger partial charge in [0.05, 0.1) is 23.2 Å². The van der Waals surface area contributed by atoms with Gasteiger partial charge in [-0.1, -0.05) is 44.2 Å². The molecule has 1 amide bonds. The Labute approximate surface area is 158 Å². The molecular weight excluding hydrogens is 348 g/mol. The van der Waals surface area contributed by atoms with E-state index in [1.807, 2.05) is 58.0 Å². The minimum absolute atomic E-state index is 0.0173. The maximum Gasteiger partial charge on any atom is 0.223 e. The Hall–Kier alpha value is -2.45. The number of benzene rings is 1. The Bertz CT molecular complexity index is 771. The summed E-state index contributed by atoms with van der Waals surface area (Å²) < 4.78 is 0. The second-order valence-electron chi connectivity index (χ2n) is 6.22. The number of hydrogen-bond acceptors (Lipinski definition) is 6. The molecule has 1 aromatic heterocycles. The van der Waals surface area contributed by atoms with Crippen LogP contribution in [0.5, 0.6) is 0 Å². The molecule has 2 aromatic rings. The molecule has 8 heteroatoms. The lowest BCUT2D eigenvalue weighted by Gasteiger charge is -2.13. The number of aromatic nitrogens is 1. The summed E-state index contributed by atoms with van der Waals surface area (Å²) in [6.45, 7) is 8.04. The number of nitrogens with one attached hydrogen (secondary N) is 1. The van der Waals surface area contributed by atoms with Gasteiger partial charge in [0.1, 0.15) is 5.01 Å². The molecule has 0 saturated heterocycles. The molecule has 0 aliphatic rings. The van der Waals surface area contributed by atoms with Gasteiger partial charge in [0.15, 0.2) is 5.84 Å². The van der Waals surface area contributed by atoms with Crippen LogP contribution >= 0.6 is 11.3 Å². The van der Waals surface area contributed by atoms with Gasteiger partial charge in [-0.15, -0.1) is 16.4 Å². The van der Waals surface area contributed by atoms with Crippen molar-refractivity contribution in [3.05, 3.63) is 40.2 Å². The minimum Gasteiger partial charge on any atom is -0.381 e. The summed E-state index contributed by atoms with van der Waals surface area (Å²) in [6.07, 6.45) is 0. The predicted octanol–water partition coefficient (Wildman–Crippen LogP) is 2.46. The molecule has 0 fully saturated rings. The largest absolute Gasteiger partial charge is 0.381 e. The monoisotopic (exact) mass is 374 g/mol. The Morgan fingerprint density at radius 3 is 2.54 bits per heavy atom. The topological polar surface area (TPSA) is 110 Å². The maximum absolute atomic E-state index is 12.0. The number of nitrogens with two attached hydrogens (primary N) is 2. The molecular formula is C18H26N6OS. The van der Waals surface area contributed by atoms with Crippen LogP contribution in [-0.2, 0) is 4.79 Å². The van der Waals surface area contributed by atoms with E-state index in [0.29, 0.717) is 12.4 Å². The number of carbonyl (C=O) groups excluding carboxylic acids is 1. The first-order valence-corrected chi connectivity index (χ1v) is 9.38. The van der Waals surface area contributed by atoms with Gasteiger partial charge in [-0.2, -0.15) is 0 Å². The average molecular weight is 375 g/mol. The van der Waals surface area contributed by atoms with Crippen molar-refractivity contribution in [2.24, 2.45) is 22.6 Å². The quantitative estimate of drug-likeness (QED) is 0.298. The Balaban J connectivity index is 2.44. The van der Waals surface area contributed by atoms with Crippen molar-refractivity contribution in [2.75, 3.05) is 6.54 Å². The number of hydrazone groups is 1. The highest BCUT2D eigenvalue weighted by Crippen LogP contribution is 2.31. The van der Waals surface area contributed by atoms with Gasteiger partial charge in [-0.05, 0) is 13.8 Å². The van der Waals surface area contributed by atoms with Crippen molar-refractivity contribution >= 4 is 23.1 Å². The van der Waals surface area contributed by atoms with Crippen LogP contribution in [0.15, 0.2) is 35.4 Å². The SMILES string of the molecule is CCN(N)/N=C(\N)c1sc(C(C)NC(=O)C(C)C)nc1-c1ccccc1. The minimum atomic E-state index is -0.223. The number of hydrazine groups is 1. The fourth-order valence-corrected chi connectivity index (χ4v) is 3.17. The molecule has 140 valence electrons. The number of hydrogen-bond donors (Lipinski definition) is 3. The van der Waals surface area contributed by atoms with Crippen LogP contribution in [0.25, 0.3) is 11.3 Å².